The largest absolute Gasteiger partial charge is 0.463 e. The zero-order chi connectivity index (χ0) is 19.4. The molecule has 0 aliphatic carbocycles. The summed E-state index contributed by atoms with van der Waals surface area (Å²) in [5.41, 5.74) is 0.165. The lowest BCUT2D eigenvalue weighted by Gasteiger charge is -2.28. The topological polar surface area (TPSA) is 125 Å². The summed E-state index contributed by atoms with van der Waals surface area (Å²) in [6.45, 7) is 4.99. The molecule has 2 aliphatic rings. The second-order valence-electron chi connectivity index (χ2n) is 5.92. The Morgan fingerprint density at radius 3 is 2.38 bits per heavy atom. The molecule has 2 N–H and O–H groups in total. The first-order valence-corrected chi connectivity index (χ1v) is 8.46. The number of unbranched alkanes of at least 4 members (excludes halogenated alkanes) is 1. The van der Waals surface area contributed by atoms with Gasteiger partial charge in [0, 0.05) is 6.54 Å². The van der Waals surface area contributed by atoms with Crippen molar-refractivity contribution >= 4 is 29.8 Å². The molecule has 10 heteroatoms. The minimum Gasteiger partial charge on any atom is -0.463 e. The van der Waals surface area contributed by atoms with E-state index in [1.807, 2.05) is 6.92 Å². The van der Waals surface area contributed by atoms with Gasteiger partial charge in [-0.3, -0.25) is 14.5 Å². The Morgan fingerprint density at radius 1 is 1.12 bits per heavy atom. The third-order valence-electron chi connectivity index (χ3n) is 4.05. The Kier molecular flexibility index (Phi) is 5.96. The number of imide groups is 2. The highest BCUT2D eigenvalue weighted by atomic mass is 16.5. The molecular weight excluding hydrogens is 344 g/mol. The van der Waals surface area contributed by atoms with Crippen LogP contribution in [-0.4, -0.2) is 65.4 Å². The van der Waals surface area contributed by atoms with Gasteiger partial charge in [0.15, 0.2) is 0 Å². The van der Waals surface area contributed by atoms with Gasteiger partial charge >= 0.3 is 29.8 Å². The van der Waals surface area contributed by atoms with Gasteiger partial charge in [0.25, 0.3) is 0 Å². The van der Waals surface area contributed by atoms with Crippen LogP contribution in [0.3, 0.4) is 0 Å². The summed E-state index contributed by atoms with van der Waals surface area (Å²) in [7, 11) is 0. The lowest BCUT2D eigenvalue weighted by molar-refractivity contribution is -0.143. The number of hydrogen-bond acceptors (Lipinski definition) is 6. The first kappa shape index (κ1) is 19.4. The number of ether oxygens (including phenoxy) is 1. The second-order valence-corrected chi connectivity index (χ2v) is 5.92. The highest BCUT2D eigenvalue weighted by Gasteiger charge is 2.45. The highest BCUT2D eigenvalue weighted by Crippen LogP contribution is 2.19. The number of amides is 6. The van der Waals surface area contributed by atoms with E-state index in [9.17, 15) is 24.0 Å². The minimum atomic E-state index is -0.984. The molecule has 1 atom stereocenters. The maximum absolute atomic E-state index is 12.4. The fraction of sp³-hybridized carbons (Fsp3) is 0.562. The lowest BCUT2D eigenvalue weighted by atomic mass is 10.0. The number of nitrogens with zero attached hydrogens (tertiary/aromatic N) is 2. The normalized spacial score (nSPS) is 20.5. The molecular formula is C16H22N4O6. The Labute approximate surface area is 150 Å². The van der Waals surface area contributed by atoms with Gasteiger partial charge in [-0.25, -0.2) is 19.3 Å². The van der Waals surface area contributed by atoms with Crippen molar-refractivity contribution in [1.29, 1.82) is 0 Å². The molecule has 6 amide bonds. The van der Waals surface area contributed by atoms with Gasteiger partial charge in [-0.1, -0.05) is 13.3 Å². The van der Waals surface area contributed by atoms with E-state index in [1.54, 1.807) is 13.8 Å². The molecule has 26 heavy (non-hydrogen) atoms. The minimum absolute atomic E-state index is 0.0616. The van der Waals surface area contributed by atoms with Crippen molar-refractivity contribution in [3.8, 4) is 0 Å². The van der Waals surface area contributed by atoms with Crippen molar-refractivity contribution in [2.75, 3.05) is 19.7 Å². The summed E-state index contributed by atoms with van der Waals surface area (Å²) in [4.78, 5) is 62.2. The molecule has 0 unspecified atom stereocenters. The molecule has 142 valence electrons. The van der Waals surface area contributed by atoms with Crippen LogP contribution in [0.25, 0.3) is 0 Å². The van der Waals surface area contributed by atoms with Crippen molar-refractivity contribution in [3.63, 3.8) is 0 Å². The SMILES string of the molecule is CCCCN1C(=O)C(=O)N(CC2=C(C(=O)OCC)[C@H](C)NC(=O)N2)C1=O. The van der Waals surface area contributed by atoms with Gasteiger partial charge < -0.3 is 15.4 Å². The summed E-state index contributed by atoms with van der Waals surface area (Å²) in [5, 5.41) is 4.95. The van der Waals surface area contributed by atoms with Crippen LogP contribution < -0.4 is 10.6 Å². The van der Waals surface area contributed by atoms with Crippen LogP contribution in [0.15, 0.2) is 11.3 Å². The molecule has 1 fully saturated rings. The average molecular weight is 366 g/mol. The van der Waals surface area contributed by atoms with E-state index < -0.39 is 42.4 Å². The molecule has 1 saturated heterocycles. The molecule has 10 nitrogen and oxygen atoms in total. The Balaban J connectivity index is 2.30. The number of hydrogen-bond donors (Lipinski definition) is 2. The van der Waals surface area contributed by atoms with E-state index in [0.717, 1.165) is 16.2 Å². The summed E-state index contributed by atoms with van der Waals surface area (Å²) < 4.78 is 4.98. The number of urea groups is 2. The van der Waals surface area contributed by atoms with Gasteiger partial charge in [-0.05, 0) is 20.3 Å². The second kappa shape index (κ2) is 7.98. The average Bonchev–Trinajstić information content (AvgIpc) is 2.76. The number of rotatable bonds is 7. The fourth-order valence-electron chi connectivity index (χ4n) is 2.77. The number of nitrogens with one attached hydrogen (secondary N) is 2. The van der Waals surface area contributed by atoms with Gasteiger partial charge in [-0.2, -0.15) is 0 Å². The molecule has 0 aromatic heterocycles. The molecule has 0 saturated carbocycles. The smallest absolute Gasteiger partial charge is 0.337 e. The van der Waals surface area contributed by atoms with Crippen molar-refractivity contribution in [1.82, 2.24) is 20.4 Å². The lowest BCUT2D eigenvalue weighted by Crippen LogP contribution is -2.51. The number of esters is 1. The Bertz CT molecular complexity index is 686. The maximum Gasteiger partial charge on any atom is 0.337 e. The standard InChI is InChI=1S/C16H22N4O6/c1-4-6-7-19-12(21)13(22)20(16(19)25)8-10-11(14(23)26-5-2)9(3)17-15(24)18-10/h9H,4-8H2,1-3H3,(H2,17,18,24)/t9-/m0/s1. The summed E-state index contributed by atoms with van der Waals surface area (Å²) in [6.07, 6.45) is 1.33. The van der Waals surface area contributed by atoms with Crippen LogP contribution in [0.1, 0.15) is 33.6 Å². The van der Waals surface area contributed by atoms with E-state index in [-0.39, 0.29) is 24.4 Å². The Morgan fingerprint density at radius 2 is 1.77 bits per heavy atom. The van der Waals surface area contributed by atoms with Crippen molar-refractivity contribution in [2.45, 2.75) is 39.7 Å². The summed E-state index contributed by atoms with van der Waals surface area (Å²) in [6, 6.07) is -2.00. The monoisotopic (exact) mass is 366 g/mol. The Hall–Kier alpha value is -2.91. The molecule has 0 radical (unpaired) electrons. The molecule has 0 aromatic rings. The van der Waals surface area contributed by atoms with E-state index in [4.69, 9.17) is 4.74 Å². The molecule has 0 bridgehead atoms. The summed E-state index contributed by atoms with van der Waals surface area (Å²) >= 11 is 0. The predicted octanol–water partition coefficient (Wildman–Crippen LogP) is 0.0958. The third-order valence-corrected chi connectivity index (χ3v) is 4.05. The number of carbonyl (C=O) groups is 5. The van der Waals surface area contributed by atoms with E-state index in [2.05, 4.69) is 10.6 Å². The zero-order valence-corrected chi connectivity index (χ0v) is 15.0. The summed E-state index contributed by atoms with van der Waals surface area (Å²) in [5.74, 6) is -2.56. The van der Waals surface area contributed by atoms with Gasteiger partial charge in [-0.15, -0.1) is 0 Å². The first-order chi connectivity index (χ1) is 12.3. The van der Waals surface area contributed by atoms with Crippen LogP contribution in [0.5, 0.6) is 0 Å². The molecule has 2 rings (SSSR count). The third kappa shape index (κ3) is 3.68. The van der Waals surface area contributed by atoms with Gasteiger partial charge in [0.2, 0.25) is 0 Å². The van der Waals surface area contributed by atoms with Crippen LogP contribution in [0, 0.1) is 0 Å². The predicted molar refractivity (Wildman–Crippen MR) is 88.5 cm³/mol. The fourth-order valence-corrected chi connectivity index (χ4v) is 2.77. The molecule has 2 aliphatic heterocycles. The zero-order valence-electron chi connectivity index (χ0n) is 15.0. The number of carbonyl (C=O) groups excluding carboxylic acids is 5. The molecule has 0 spiro atoms. The van der Waals surface area contributed by atoms with Crippen LogP contribution in [0.2, 0.25) is 0 Å². The maximum atomic E-state index is 12.4. The van der Waals surface area contributed by atoms with Crippen molar-refractivity contribution in [2.24, 2.45) is 0 Å². The van der Waals surface area contributed by atoms with Crippen LogP contribution in [0.4, 0.5) is 9.59 Å². The van der Waals surface area contributed by atoms with E-state index in [0.29, 0.717) is 6.42 Å². The van der Waals surface area contributed by atoms with Crippen LogP contribution >= 0.6 is 0 Å². The van der Waals surface area contributed by atoms with Gasteiger partial charge in [0.1, 0.15) is 0 Å². The molecule has 0 aromatic carbocycles. The van der Waals surface area contributed by atoms with Gasteiger partial charge in [0.05, 0.1) is 30.5 Å². The highest BCUT2D eigenvalue weighted by molar-refractivity contribution is 6.44. The first-order valence-electron chi connectivity index (χ1n) is 8.46. The van der Waals surface area contributed by atoms with Crippen molar-refractivity contribution in [3.05, 3.63) is 11.3 Å². The molecule has 2 heterocycles. The van der Waals surface area contributed by atoms with E-state index >= 15 is 0 Å². The quantitative estimate of drug-likeness (QED) is 0.374. The van der Waals surface area contributed by atoms with Crippen molar-refractivity contribution < 1.29 is 28.7 Å². The van der Waals surface area contributed by atoms with Crippen LogP contribution in [-0.2, 0) is 19.1 Å². The van der Waals surface area contributed by atoms with E-state index in [1.165, 1.54) is 0 Å².